The number of carbonyl (C=O) groups excluding carboxylic acids is 1. The molecule has 0 bridgehead atoms. The summed E-state index contributed by atoms with van der Waals surface area (Å²) in [6.45, 7) is 4.16. The summed E-state index contributed by atoms with van der Waals surface area (Å²) in [4.78, 5) is 21.3. The third-order valence-corrected chi connectivity index (χ3v) is 5.11. The lowest BCUT2D eigenvalue weighted by molar-refractivity contribution is -0.123. The Kier molecular flexibility index (Phi) is 6.02. The van der Waals surface area contributed by atoms with Gasteiger partial charge in [0.1, 0.15) is 11.9 Å². The fraction of sp³-hybridized carbons (Fsp3) is 0.292. The molecule has 1 aromatic heterocycles. The van der Waals surface area contributed by atoms with Crippen LogP contribution in [0.3, 0.4) is 0 Å². The summed E-state index contributed by atoms with van der Waals surface area (Å²) in [6.07, 6.45) is 2.33. The van der Waals surface area contributed by atoms with Crippen molar-refractivity contribution in [3.8, 4) is 28.5 Å². The standard InChI is InChI=1S/C24H25N3O4/c1-15-12-25-16(2)23(27-15)19-8-6-7-17-11-18(31-24(17)19)13-26-22(28)14-30-21-10-5-4-9-20(21)29-3/h4-10,12,18H,11,13-14H2,1-3H3,(H,26,28)/t18-/m1/s1. The Morgan fingerprint density at radius 1 is 1.16 bits per heavy atom. The number of ether oxygens (including phenoxy) is 3. The lowest BCUT2D eigenvalue weighted by Gasteiger charge is -2.15. The van der Waals surface area contributed by atoms with Gasteiger partial charge in [-0.2, -0.15) is 0 Å². The Bertz CT molecular complexity index is 1100. The first-order chi connectivity index (χ1) is 15.0. The second-order valence-electron chi connectivity index (χ2n) is 7.43. The van der Waals surface area contributed by atoms with Crippen molar-refractivity contribution in [1.82, 2.24) is 15.3 Å². The van der Waals surface area contributed by atoms with Crippen LogP contribution in [0.4, 0.5) is 0 Å². The Morgan fingerprint density at radius 3 is 2.77 bits per heavy atom. The van der Waals surface area contributed by atoms with E-state index in [1.54, 1.807) is 25.4 Å². The van der Waals surface area contributed by atoms with E-state index < -0.39 is 0 Å². The van der Waals surface area contributed by atoms with Gasteiger partial charge in [0.25, 0.3) is 5.91 Å². The van der Waals surface area contributed by atoms with Crippen molar-refractivity contribution >= 4 is 5.91 Å². The topological polar surface area (TPSA) is 82.6 Å². The highest BCUT2D eigenvalue weighted by atomic mass is 16.5. The number of hydrogen-bond donors (Lipinski definition) is 1. The quantitative estimate of drug-likeness (QED) is 0.633. The van der Waals surface area contributed by atoms with E-state index in [-0.39, 0.29) is 18.6 Å². The van der Waals surface area contributed by atoms with Gasteiger partial charge < -0.3 is 19.5 Å². The zero-order chi connectivity index (χ0) is 21.8. The van der Waals surface area contributed by atoms with Crippen LogP contribution in [-0.4, -0.2) is 42.2 Å². The minimum atomic E-state index is -0.217. The van der Waals surface area contributed by atoms with E-state index in [4.69, 9.17) is 14.2 Å². The van der Waals surface area contributed by atoms with E-state index in [1.165, 1.54) is 0 Å². The molecule has 4 rings (SSSR count). The summed E-state index contributed by atoms with van der Waals surface area (Å²) in [5, 5.41) is 2.89. The van der Waals surface area contributed by atoms with Crippen LogP contribution in [-0.2, 0) is 11.2 Å². The van der Waals surface area contributed by atoms with Crippen LogP contribution < -0.4 is 19.5 Å². The van der Waals surface area contributed by atoms with Crippen molar-refractivity contribution in [3.05, 3.63) is 65.6 Å². The molecule has 0 fully saturated rings. The smallest absolute Gasteiger partial charge is 0.258 e. The molecule has 3 aromatic rings. The van der Waals surface area contributed by atoms with Gasteiger partial charge in [-0.3, -0.25) is 9.78 Å². The Labute approximate surface area is 181 Å². The first-order valence-corrected chi connectivity index (χ1v) is 10.2. The van der Waals surface area contributed by atoms with Crippen LogP contribution >= 0.6 is 0 Å². The summed E-state index contributed by atoms with van der Waals surface area (Å²) in [6, 6.07) is 13.3. The van der Waals surface area contributed by atoms with Gasteiger partial charge in [0.2, 0.25) is 0 Å². The summed E-state index contributed by atoms with van der Waals surface area (Å²) in [5.41, 5.74) is 4.57. The van der Waals surface area contributed by atoms with E-state index >= 15 is 0 Å². The molecule has 2 aromatic carbocycles. The number of hydrogen-bond acceptors (Lipinski definition) is 6. The minimum Gasteiger partial charge on any atom is -0.493 e. The highest BCUT2D eigenvalue weighted by Crippen LogP contribution is 2.38. The molecular weight excluding hydrogens is 394 g/mol. The van der Waals surface area contributed by atoms with E-state index in [0.717, 1.165) is 40.4 Å². The normalized spacial score (nSPS) is 14.5. The zero-order valence-electron chi connectivity index (χ0n) is 17.8. The van der Waals surface area contributed by atoms with Crippen molar-refractivity contribution in [2.45, 2.75) is 26.4 Å². The van der Waals surface area contributed by atoms with E-state index in [9.17, 15) is 4.79 Å². The molecule has 0 spiro atoms. The van der Waals surface area contributed by atoms with E-state index in [1.807, 2.05) is 44.2 Å². The molecule has 1 N–H and O–H groups in total. The number of fused-ring (bicyclic) bond motifs is 1. The van der Waals surface area contributed by atoms with Crippen molar-refractivity contribution < 1.29 is 19.0 Å². The highest BCUT2D eigenvalue weighted by molar-refractivity contribution is 5.77. The maximum absolute atomic E-state index is 12.3. The fourth-order valence-corrected chi connectivity index (χ4v) is 3.59. The van der Waals surface area contributed by atoms with Gasteiger partial charge in [0.05, 0.1) is 30.7 Å². The lowest BCUT2D eigenvalue weighted by Crippen LogP contribution is -2.37. The molecule has 0 unspecified atom stereocenters. The monoisotopic (exact) mass is 419 g/mol. The molecule has 1 aliphatic heterocycles. The van der Waals surface area contributed by atoms with Crippen LogP contribution in [0.25, 0.3) is 11.3 Å². The third kappa shape index (κ3) is 4.60. The van der Waals surface area contributed by atoms with Crippen molar-refractivity contribution in [3.63, 3.8) is 0 Å². The van der Waals surface area contributed by atoms with Gasteiger partial charge in [-0.1, -0.05) is 24.3 Å². The minimum absolute atomic E-state index is 0.0939. The molecule has 2 heterocycles. The highest BCUT2D eigenvalue weighted by Gasteiger charge is 2.27. The molecule has 0 saturated heterocycles. The van der Waals surface area contributed by atoms with Crippen molar-refractivity contribution in [1.29, 1.82) is 0 Å². The van der Waals surface area contributed by atoms with Crippen LogP contribution in [0.5, 0.6) is 17.2 Å². The second kappa shape index (κ2) is 9.04. The summed E-state index contributed by atoms with van der Waals surface area (Å²) in [5.74, 6) is 1.72. The molecular formula is C24H25N3O4. The fourth-order valence-electron chi connectivity index (χ4n) is 3.59. The average Bonchev–Trinajstić information content (AvgIpc) is 3.21. The third-order valence-electron chi connectivity index (χ3n) is 5.11. The molecule has 31 heavy (non-hydrogen) atoms. The Hall–Kier alpha value is -3.61. The van der Waals surface area contributed by atoms with Crippen LogP contribution in [0.15, 0.2) is 48.7 Å². The van der Waals surface area contributed by atoms with Gasteiger partial charge >= 0.3 is 0 Å². The zero-order valence-corrected chi connectivity index (χ0v) is 17.8. The molecule has 1 atom stereocenters. The number of nitrogens with zero attached hydrogens (tertiary/aromatic N) is 2. The number of carbonyl (C=O) groups is 1. The van der Waals surface area contributed by atoms with Crippen molar-refractivity contribution in [2.24, 2.45) is 0 Å². The molecule has 0 aliphatic carbocycles. The Balaban J connectivity index is 1.37. The van der Waals surface area contributed by atoms with Gasteiger partial charge in [-0.05, 0) is 37.6 Å². The SMILES string of the molecule is COc1ccccc1OCC(=O)NC[C@H]1Cc2cccc(-c3nc(C)cnc3C)c2O1. The van der Waals surface area contributed by atoms with E-state index in [0.29, 0.717) is 18.0 Å². The first-order valence-electron chi connectivity index (χ1n) is 10.2. The maximum atomic E-state index is 12.3. The van der Waals surface area contributed by atoms with Gasteiger partial charge in [0.15, 0.2) is 18.1 Å². The molecule has 160 valence electrons. The number of aromatic nitrogens is 2. The molecule has 0 radical (unpaired) electrons. The number of aryl methyl sites for hydroxylation is 2. The van der Waals surface area contributed by atoms with Crippen LogP contribution in [0, 0.1) is 13.8 Å². The number of benzene rings is 2. The number of amides is 1. The van der Waals surface area contributed by atoms with Crippen LogP contribution in [0.2, 0.25) is 0 Å². The molecule has 7 heteroatoms. The lowest BCUT2D eigenvalue weighted by atomic mass is 10.0. The summed E-state index contributed by atoms with van der Waals surface area (Å²) >= 11 is 0. The molecule has 1 aliphatic rings. The number of rotatable bonds is 7. The van der Waals surface area contributed by atoms with Crippen LogP contribution in [0.1, 0.15) is 17.0 Å². The van der Waals surface area contributed by atoms with E-state index in [2.05, 4.69) is 15.3 Å². The predicted octanol–water partition coefficient (Wildman–Crippen LogP) is 3.27. The number of methoxy groups -OCH3 is 1. The maximum Gasteiger partial charge on any atom is 0.258 e. The average molecular weight is 419 g/mol. The Morgan fingerprint density at radius 2 is 1.97 bits per heavy atom. The summed E-state index contributed by atoms with van der Waals surface area (Å²) in [7, 11) is 1.56. The van der Waals surface area contributed by atoms with Gasteiger partial charge in [-0.25, -0.2) is 4.98 Å². The molecule has 0 saturated carbocycles. The number of nitrogens with one attached hydrogen (secondary N) is 1. The second-order valence-corrected chi connectivity index (χ2v) is 7.43. The largest absolute Gasteiger partial charge is 0.493 e. The summed E-state index contributed by atoms with van der Waals surface area (Å²) < 4.78 is 17.0. The predicted molar refractivity (Wildman–Crippen MR) is 117 cm³/mol. The van der Waals surface area contributed by atoms with Crippen molar-refractivity contribution in [2.75, 3.05) is 20.3 Å². The first kappa shape index (κ1) is 20.7. The molecule has 7 nitrogen and oxygen atoms in total. The number of para-hydroxylation sites is 3. The van der Waals surface area contributed by atoms with Gasteiger partial charge in [-0.15, -0.1) is 0 Å². The molecule has 1 amide bonds. The van der Waals surface area contributed by atoms with Gasteiger partial charge in [0, 0.05) is 18.2 Å².